The van der Waals surface area contributed by atoms with Gasteiger partial charge in [-0.3, -0.25) is 34.3 Å². The largest absolute Gasteiger partial charge is 0.463 e. The van der Waals surface area contributed by atoms with Gasteiger partial charge in [0.1, 0.15) is 12.7 Å². The molecule has 0 amide bonds. The van der Waals surface area contributed by atoms with Crippen molar-refractivity contribution >= 4 is 41.8 Å². The van der Waals surface area contributed by atoms with E-state index in [0.717, 1.165) is 51.4 Å². The van der Waals surface area contributed by atoms with E-state index in [4.69, 9.17) is 36.5 Å². The summed E-state index contributed by atoms with van der Waals surface area (Å²) in [6, 6.07) is 0. The van der Waals surface area contributed by atoms with E-state index in [-0.39, 0.29) is 26.2 Å². The van der Waals surface area contributed by atoms with E-state index in [9.17, 15) is 14.4 Å². The molecule has 0 aromatic carbocycles. The first-order valence-corrected chi connectivity index (χ1v) is 27.9. The Morgan fingerprint density at radius 1 is 0.568 bits per heavy atom. The molecule has 0 saturated carbocycles. The van der Waals surface area contributed by atoms with Gasteiger partial charge < -0.3 is 35.9 Å². The molecule has 1 rings (SSSR count). The van der Waals surface area contributed by atoms with Crippen molar-refractivity contribution in [2.24, 2.45) is 37.7 Å². The maximum absolute atomic E-state index is 12.3. The first-order valence-electron chi connectivity index (χ1n) is 27.9. The standard InChI is InChI=1S/C57H100N10O7/c1-7-9-11-13-15-17-19-21-23-25-27-29-31-33-35-37-39-62-41-51(64-58)43-66(44-52(65-59)42-63-40-38-36-34-32-30-28-26-24-22-20-18-16-14-12-10-8-2)45-53(61-6)46-67(60)57-56(73-50(5)70)55(72-49(4)69)54(74-57)47-71-48(3)68/h15-18,21-24,41-42,46,54-57,61H,7-14,19-20,25-40,43-45,47,58-60H2,1-6H3/b17-15-,18-16-,23-21-,24-22-,53-46-,62-41?,63-42?,64-51?,65-52?/t54-,55?,56?,57-/m1/s1. The number of aliphatic imine (C=N–C) groups is 2. The number of nitrogens with one attached hydrogen (secondary N) is 1. The van der Waals surface area contributed by atoms with E-state index < -0.39 is 42.4 Å². The molecule has 0 spiro atoms. The average Bonchev–Trinajstić information content (AvgIpc) is 3.70. The molecule has 1 aliphatic rings. The smallest absolute Gasteiger partial charge is 0.303 e. The van der Waals surface area contributed by atoms with Gasteiger partial charge in [0.15, 0.2) is 18.4 Å². The lowest BCUT2D eigenvalue weighted by Gasteiger charge is -2.29. The second kappa shape index (κ2) is 46.4. The zero-order valence-electron chi connectivity index (χ0n) is 46.6. The van der Waals surface area contributed by atoms with Crippen LogP contribution in [0.25, 0.3) is 0 Å². The Balaban J connectivity index is 2.94. The number of nitrogens with zero attached hydrogens (tertiary/aromatic N) is 6. The van der Waals surface area contributed by atoms with Crippen molar-refractivity contribution in [2.75, 3.05) is 46.4 Å². The van der Waals surface area contributed by atoms with Crippen LogP contribution in [-0.2, 0) is 33.3 Å². The molecular weight excluding hydrogens is 937 g/mol. The van der Waals surface area contributed by atoms with Gasteiger partial charge in [-0.25, -0.2) is 5.84 Å². The quantitative estimate of drug-likeness (QED) is 0.00846. The molecule has 1 saturated heterocycles. The summed E-state index contributed by atoms with van der Waals surface area (Å²) in [6.07, 6.45) is 47.2. The molecule has 17 nitrogen and oxygen atoms in total. The maximum atomic E-state index is 12.3. The van der Waals surface area contributed by atoms with Gasteiger partial charge in [0.25, 0.3) is 0 Å². The highest BCUT2D eigenvalue weighted by Crippen LogP contribution is 2.29. The molecule has 0 radical (unpaired) electrons. The van der Waals surface area contributed by atoms with E-state index in [0.29, 0.717) is 30.2 Å². The number of esters is 3. The molecule has 0 bridgehead atoms. The first kappa shape index (κ1) is 66.9. The van der Waals surface area contributed by atoms with Gasteiger partial charge in [0.05, 0.1) is 11.4 Å². The Labute approximate surface area is 446 Å². The number of hydrazone groups is 2. The molecule has 74 heavy (non-hydrogen) atoms. The second-order valence-electron chi connectivity index (χ2n) is 19.0. The lowest BCUT2D eigenvalue weighted by molar-refractivity contribution is -0.167. The number of nitrogens with two attached hydrogens (primary N) is 3. The predicted octanol–water partition coefficient (Wildman–Crippen LogP) is 10.1. The van der Waals surface area contributed by atoms with Crippen molar-refractivity contribution in [2.45, 2.75) is 213 Å². The average molecular weight is 1040 g/mol. The Morgan fingerprint density at radius 3 is 1.39 bits per heavy atom. The van der Waals surface area contributed by atoms with Crippen molar-refractivity contribution in [3.63, 3.8) is 0 Å². The first-order chi connectivity index (χ1) is 36.0. The van der Waals surface area contributed by atoms with Gasteiger partial charge in [-0.05, 0) is 77.0 Å². The Bertz CT molecular complexity index is 1690. The molecule has 2 unspecified atom stereocenters. The lowest BCUT2D eigenvalue weighted by Crippen LogP contribution is -2.49. The molecule has 420 valence electrons. The number of rotatable bonds is 45. The van der Waals surface area contributed by atoms with Crippen molar-refractivity contribution in [1.82, 2.24) is 15.2 Å². The third kappa shape index (κ3) is 35.9. The van der Waals surface area contributed by atoms with Crippen LogP contribution < -0.4 is 22.8 Å². The summed E-state index contributed by atoms with van der Waals surface area (Å²) in [7, 11) is 1.74. The minimum Gasteiger partial charge on any atom is -0.463 e. The molecule has 4 atom stereocenters. The minimum atomic E-state index is -1.15. The number of hydrogen-bond donors (Lipinski definition) is 4. The van der Waals surface area contributed by atoms with Gasteiger partial charge in [0, 0.05) is 84.9 Å². The van der Waals surface area contributed by atoms with Gasteiger partial charge in [-0.1, -0.05) is 140 Å². The highest BCUT2D eigenvalue weighted by atomic mass is 16.7. The zero-order valence-corrected chi connectivity index (χ0v) is 46.6. The van der Waals surface area contributed by atoms with Crippen molar-refractivity contribution in [3.8, 4) is 0 Å². The number of carbonyl (C=O) groups is 3. The van der Waals surface area contributed by atoms with Crippen LogP contribution in [0.4, 0.5) is 0 Å². The summed E-state index contributed by atoms with van der Waals surface area (Å²) in [5.74, 6) is 16.7. The van der Waals surface area contributed by atoms with Crippen LogP contribution >= 0.6 is 0 Å². The number of allylic oxidation sites excluding steroid dienone is 8. The van der Waals surface area contributed by atoms with Gasteiger partial charge in [0.2, 0.25) is 0 Å². The molecular formula is C57H100N10O7. The van der Waals surface area contributed by atoms with E-state index in [1.807, 2.05) is 4.90 Å². The van der Waals surface area contributed by atoms with Crippen molar-refractivity contribution in [3.05, 3.63) is 60.5 Å². The Hall–Kier alpha value is -5.13. The zero-order chi connectivity index (χ0) is 54.3. The highest BCUT2D eigenvalue weighted by Gasteiger charge is 2.51. The van der Waals surface area contributed by atoms with Crippen molar-refractivity contribution < 1.29 is 33.3 Å². The number of hydrazine groups is 1. The maximum Gasteiger partial charge on any atom is 0.303 e. The summed E-state index contributed by atoms with van der Waals surface area (Å²) in [4.78, 5) is 47.5. The molecule has 0 aliphatic carbocycles. The molecule has 1 heterocycles. The summed E-state index contributed by atoms with van der Waals surface area (Å²) in [6.45, 7) is 10.0. The van der Waals surface area contributed by atoms with Crippen LogP contribution in [0.5, 0.6) is 0 Å². The number of ether oxygens (including phenoxy) is 4. The van der Waals surface area contributed by atoms with E-state index in [1.54, 1.807) is 25.7 Å². The predicted molar refractivity (Wildman–Crippen MR) is 305 cm³/mol. The van der Waals surface area contributed by atoms with Crippen molar-refractivity contribution in [1.29, 1.82) is 0 Å². The topological polar surface area (TPSA) is 234 Å². The second-order valence-corrected chi connectivity index (χ2v) is 19.0. The van der Waals surface area contributed by atoms with Crippen LogP contribution in [-0.4, -0.2) is 123 Å². The number of likely N-dealkylation sites (N-methyl/N-ethyl adjacent to an activating group) is 1. The van der Waals surface area contributed by atoms with Gasteiger partial charge >= 0.3 is 17.9 Å². The van der Waals surface area contributed by atoms with Crippen LogP contribution in [0.2, 0.25) is 0 Å². The molecule has 7 N–H and O–H groups in total. The molecule has 0 aromatic heterocycles. The number of unbranched alkanes of at least 4 members (excludes halogenated alkanes) is 18. The Morgan fingerprint density at radius 2 is 0.986 bits per heavy atom. The SMILES string of the molecule is CCCCC/C=C\C/C=C\CCCCCCCCN=CC(CN(CC(C=NCCCCCCCC/C=C\C/C=C\CCCCC)=NN)C/C(=C/N(N)[C@@H]1O[C@H](COC(C)=O)C(OC(C)=O)C1OC(C)=O)NC)=NN. The van der Waals surface area contributed by atoms with Crippen LogP contribution in [0, 0.1) is 0 Å². The van der Waals surface area contributed by atoms with E-state index in [1.165, 1.54) is 129 Å². The molecule has 0 aromatic rings. The normalized spacial score (nSPS) is 17.9. The third-order valence-corrected chi connectivity index (χ3v) is 12.2. The summed E-state index contributed by atoms with van der Waals surface area (Å²) in [5.41, 5.74) is 1.70. The number of carbonyl (C=O) groups excluding carboxylic acids is 3. The third-order valence-electron chi connectivity index (χ3n) is 12.2. The number of hydrogen-bond acceptors (Lipinski definition) is 17. The van der Waals surface area contributed by atoms with Crippen LogP contribution in [0.3, 0.4) is 0 Å². The minimum absolute atomic E-state index is 0.261. The summed E-state index contributed by atoms with van der Waals surface area (Å²) in [5, 5.41) is 12.6. The van der Waals surface area contributed by atoms with Crippen LogP contribution in [0.1, 0.15) is 189 Å². The van der Waals surface area contributed by atoms with E-state index >= 15 is 0 Å². The summed E-state index contributed by atoms with van der Waals surface area (Å²) < 4.78 is 22.4. The molecule has 17 heteroatoms. The summed E-state index contributed by atoms with van der Waals surface area (Å²) >= 11 is 0. The van der Waals surface area contributed by atoms with Crippen LogP contribution in [0.15, 0.2) is 80.7 Å². The van der Waals surface area contributed by atoms with Gasteiger partial charge in [-0.15, -0.1) is 0 Å². The fourth-order valence-corrected chi connectivity index (χ4v) is 8.19. The molecule has 1 aliphatic heterocycles. The van der Waals surface area contributed by atoms with Gasteiger partial charge in [-0.2, -0.15) is 10.2 Å². The Kier molecular flexibility index (Phi) is 41.9. The fraction of sp³-hybridized carbons (Fsp3) is 0.702. The monoisotopic (exact) mass is 1040 g/mol. The molecule has 1 fully saturated rings. The fourth-order valence-electron chi connectivity index (χ4n) is 8.19. The van der Waals surface area contributed by atoms with E-state index in [2.05, 4.69) is 88.0 Å². The highest BCUT2D eigenvalue weighted by molar-refractivity contribution is 6.33. The lowest BCUT2D eigenvalue weighted by atomic mass is 10.1.